The molecule has 5 heteroatoms. The van der Waals surface area contributed by atoms with Crippen LogP contribution in [-0.2, 0) is 14.3 Å². The molecule has 0 fully saturated rings. The number of nitrogens with one attached hydrogen (secondary N) is 1. The van der Waals surface area contributed by atoms with Crippen molar-refractivity contribution in [2.45, 2.75) is 31.7 Å². The van der Waals surface area contributed by atoms with Gasteiger partial charge in [0.1, 0.15) is 5.54 Å². The SMILES string of the molecule is CNC(C)(CCCOCCCOC)C(=O)O. The maximum Gasteiger partial charge on any atom is 0.323 e. The van der Waals surface area contributed by atoms with Crippen molar-refractivity contribution in [3.8, 4) is 0 Å². The molecule has 0 saturated heterocycles. The highest BCUT2D eigenvalue weighted by molar-refractivity contribution is 5.78. The summed E-state index contributed by atoms with van der Waals surface area (Å²) in [6.45, 7) is 3.63. The Morgan fingerprint density at radius 3 is 2.44 bits per heavy atom. The van der Waals surface area contributed by atoms with Gasteiger partial charge in [-0.05, 0) is 33.2 Å². The van der Waals surface area contributed by atoms with E-state index < -0.39 is 11.5 Å². The highest BCUT2D eigenvalue weighted by atomic mass is 16.5. The molecule has 0 amide bonds. The Bertz CT molecular complexity index is 198. The maximum atomic E-state index is 10.9. The first-order chi connectivity index (χ1) is 7.56. The van der Waals surface area contributed by atoms with Crippen molar-refractivity contribution < 1.29 is 19.4 Å². The monoisotopic (exact) mass is 233 g/mol. The summed E-state index contributed by atoms with van der Waals surface area (Å²) >= 11 is 0. The molecule has 0 radical (unpaired) electrons. The van der Waals surface area contributed by atoms with Crippen LogP contribution in [0.25, 0.3) is 0 Å². The molecule has 0 spiro atoms. The Balaban J connectivity index is 3.53. The van der Waals surface area contributed by atoms with Gasteiger partial charge in [-0.3, -0.25) is 4.79 Å². The van der Waals surface area contributed by atoms with Crippen molar-refractivity contribution in [3.05, 3.63) is 0 Å². The number of aliphatic carboxylic acids is 1. The van der Waals surface area contributed by atoms with Crippen LogP contribution >= 0.6 is 0 Å². The van der Waals surface area contributed by atoms with Gasteiger partial charge in [0, 0.05) is 26.9 Å². The summed E-state index contributed by atoms with van der Waals surface area (Å²) in [6.07, 6.45) is 2.17. The number of ether oxygens (including phenoxy) is 2. The van der Waals surface area contributed by atoms with Crippen molar-refractivity contribution in [2.24, 2.45) is 0 Å². The van der Waals surface area contributed by atoms with E-state index in [1.54, 1.807) is 21.1 Å². The summed E-state index contributed by atoms with van der Waals surface area (Å²) < 4.78 is 10.2. The number of hydrogen-bond acceptors (Lipinski definition) is 4. The second-order valence-electron chi connectivity index (χ2n) is 3.95. The van der Waals surface area contributed by atoms with Gasteiger partial charge in [-0.1, -0.05) is 0 Å². The third-order valence-electron chi connectivity index (χ3n) is 2.63. The molecular formula is C11H23NO4. The van der Waals surface area contributed by atoms with Crippen LogP contribution in [0.15, 0.2) is 0 Å². The van der Waals surface area contributed by atoms with Crippen LogP contribution in [-0.4, -0.2) is 50.6 Å². The number of methoxy groups -OCH3 is 1. The number of hydrogen-bond donors (Lipinski definition) is 2. The molecular weight excluding hydrogens is 210 g/mol. The lowest BCUT2D eigenvalue weighted by atomic mass is 9.96. The second kappa shape index (κ2) is 8.50. The first kappa shape index (κ1) is 15.3. The minimum atomic E-state index is -0.851. The Labute approximate surface area is 97.1 Å². The molecule has 0 aromatic rings. The van der Waals surface area contributed by atoms with Gasteiger partial charge in [0.2, 0.25) is 0 Å². The molecule has 0 aliphatic heterocycles. The van der Waals surface area contributed by atoms with Crippen molar-refractivity contribution >= 4 is 5.97 Å². The van der Waals surface area contributed by atoms with Gasteiger partial charge in [0.05, 0.1) is 0 Å². The molecule has 0 aliphatic carbocycles. The van der Waals surface area contributed by atoms with Crippen molar-refractivity contribution in [1.29, 1.82) is 0 Å². The fourth-order valence-electron chi connectivity index (χ4n) is 1.27. The van der Waals surface area contributed by atoms with Crippen LogP contribution in [0.5, 0.6) is 0 Å². The molecule has 0 rings (SSSR count). The second-order valence-corrected chi connectivity index (χ2v) is 3.95. The van der Waals surface area contributed by atoms with E-state index in [1.807, 2.05) is 0 Å². The van der Waals surface area contributed by atoms with Gasteiger partial charge >= 0.3 is 5.97 Å². The first-order valence-corrected chi connectivity index (χ1v) is 5.56. The fraction of sp³-hybridized carbons (Fsp3) is 0.909. The van der Waals surface area contributed by atoms with Crippen LogP contribution in [0, 0.1) is 0 Å². The van der Waals surface area contributed by atoms with Crippen molar-refractivity contribution in [1.82, 2.24) is 5.32 Å². The molecule has 2 N–H and O–H groups in total. The topological polar surface area (TPSA) is 67.8 Å². The quantitative estimate of drug-likeness (QED) is 0.548. The lowest BCUT2D eigenvalue weighted by Crippen LogP contribution is -2.47. The Morgan fingerprint density at radius 1 is 1.31 bits per heavy atom. The fourth-order valence-corrected chi connectivity index (χ4v) is 1.27. The molecule has 0 heterocycles. The number of carbonyl (C=O) groups is 1. The number of carboxylic acids is 1. The number of likely N-dealkylation sites (N-methyl/N-ethyl adjacent to an activating group) is 1. The highest BCUT2D eigenvalue weighted by Gasteiger charge is 2.30. The van der Waals surface area contributed by atoms with Crippen LogP contribution in [0.3, 0.4) is 0 Å². The molecule has 0 aromatic heterocycles. The van der Waals surface area contributed by atoms with Gasteiger partial charge in [-0.15, -0.1) is 0 Å². The van der Waals surface area contributed by atoms with Gasteiger partial charge in [0.25, 0.3) is 0 Å². The minimum Gasteiger partial charge on any atom is -0.480 e. The van der Waals surface area contributed by atoms with Crippen LogP contribution in [0.1, 0.15) is 26.2 Å². The average molecular weight is 233 g/mol. The summed E-state index contributed by atoms with van der Waals surface area (Å²) in [4.78, 5) is 10.9. The minimum absolute atomic E-state index is 0.559. The normalized spacial score (nSPS) is 14.7. The summed E-state index contributed by atoms with van der Waals surface area (Å²) in [7, 11) is 3.32. The van der Waals surface area contributed by atoms with Gasteiger partial charge in [0.15, 0.2) is 0 Å². The zero-order chi connectivity index (χ0) is 12.4. The van der Waals surface area contributed by atoms with Gasteiger partial charge < -0.3 is 19.9 Å². The molecule has 96 valence electrons. The predicted octanol–water partition coefficient (Wildman–Crippen LogP) is 0.882. The zero-order valence-corrected chi connectivity index (χ0v) is 10.4. The Hall–Kier alpha value is -0.650. The largest absolute Gasteiger partial charge is 0.480 e. The zero-order valence-electron chi connectivity index (χ0n) is 10.4. The summed E-state index contributed by atoms with van der Waals surface area (Å²) in [5, 5.41) is 11.8. The van der Waals surface area contributed by atoms with E-state index in [-0.39, 0.29) is 0 Å². The van der Waals surface area contributed by atoms with E-state index >= 15 is 0 Å². The lowest BCUT2D eigenvalue weighted by molar-refractivity contribution is -0.144. The van der Waals surface area contributed by atoms with Crippen molar-refractivity contribution in [2.75, 3.05) is 34.0 Å². The van der Waals surface area contributed by atoms with Crippen LogP contribution in [0.4, 0.5) is 0 Å². The molecule has 0 aromatic carbocycles. The highest BCUT2D eigenvalue weighted by Crippen LogP contribution is 2.11. The summed E-state index contributed by atoms with van der Waals surface area (Å²) in [5.41, 5.74) is -0.851. The van der Waals surface area contributed by atoms with E-state index in [4.69, 9.17) is 14.6 Å². The van der Waals surface area contributed by atoms with Gasteiger partial charge in [-0.2, -0.15) is 0 Å². The van der Waals surface area contributed by atoms with Crippen LogP contribution < -0.4 is 5.32 Å². The molecule has 5 nitrogen and oxygen atoms in total. The molecule has 0 bridgehead atoms. The van der Waals surface area contributed by atoms with E-state index in [1.165, 1.54) is 0 Å². The van der Waals surface area contributed by atoms with Gasteiger partial charge in [-0.25, -0.2) is 0 Å². The predicted molar refractivity (Wildman–Crippen MR) is 61.6 cm³/mol. The molecule has 0 aliphatic rings. The van der Waals surface area contributed by atoms with E-state index in [2.05, 4.69) is 5.32 Å². The lowest BCUT2D eigenvalue weighted by Gasteiger charge is -2.23. The molecule has 1 atom stereocenters. The van der Waals surface area contributed by atoms with Crippen LogP contribution in [0.2, 0.25) is 0 Å². The van der Waals surface area contributed by atoms with E-state index in [0.29, 0.717) is 26.2 Å². The van der Waals surface area contributed by atoms with E-state index in [0.717, 1.165) is 12.8 Å². The first-order valence-electron chi connectivity index (χ1n) is 5.56. The third kappa shape index (κ3) is 6.05. The summed E-state index contributed by atoms with van der Waals surface area (Å²) in [5.74, 6) is -0.825. The number of rotatable bonds is 10. The molecule has 1 unspecified atom stereocenters. The van der Waals surface area contributed by atoms with Crippen molar-refractivity contribution in [3.63, 3.8) is 0 Å². The smallest absolute Gasteiger partial charge is 0.323 e. The third-order valence-corrected chi connectivity index (χ3v) is 2.63. The number of carboxylic acid groups (broad SMARTS) is 1. The molecule has 16 heavy (non-hydrogen) atoms. The van der Waals surface area contributed by atoms with E-state index in [9.17, 15) is 4.79 Å². The summed E-state index contributed by atoms with van der Waals surface area (Å²) in [6, 6.07) is 0. The standard InChI is InChI=1S/C11H23NO4/c1-11(12-2,10(13)14)6-4-8-16-9-5-7-15-3/h12H,4-9H2,1-3H3,(H,13,14). The Morgan fingerprint density at radius 2 is 1.94 bits per heavy atom. The average Bonchev–Trinajstić information content (AvgIpc) is 2.27. The Kier molecular flexibility index (Phi) is 8.15. The molecule has 0 saturated carbocycles. The maximum absolute atomic E-state index is 10.9.